The van der Waals surface area contributed by atoms with Crippen LogP contribution < -0.4 is 4.74 Å². The van der Waals surface area contributed by atoms with E-state index in [2.05, 4.69) is 24.0 Å². The first-order chi connectivity index (χ1) is 14.7. The van der Waals surface area contributed by atoms with Crippen molar-refractivity contribution in [3.63, 3.8) is 0 Å². The molecule has 3 nitrogen and oxygen atoms in total. The first kappa shape index (κ1) is 22.6. The third kappa shape index (κ3) is 6.98. The molecule has 3 rings (SSSR count). The van der Waals surface area contributed by atoms with Gasteiger partial charge in [-0.2, -0.15) is 0 Å². The number of Topliss-reactive ketones (excluding diaryl/α,β-unsaturated/α-hetero) is 1. The van der Waals surface area contributed by atoms with Crippen LogP contribution >= 0.6 is 0 Å². The minimum Gasteiger partial charge on any atom is -0.494 e. The van der Waals surface area contributed by atoms with Crippen LogP contribution in [0.4, 0.5) is 0 Å². The topological polar surface area (TPSA) is 29.5 Å². The quantitative estimate of drug-likeness (QED) is 0.310. The molecular formula is C27H37NO2. The van der Waals surface area contributed by atoms with Crippen molar-refractivity contribution < 1.29 is 9.53 Å². The Kier molecular flexibility index (Phi) is 8.95. The molecule has 2 aromatic carbocycles. The summed E-state index contributed by atoms with van der Waals surface area (Å²) in [7, 11) is 0. The van der Waals surface area contributed by atoms with Crippen molar-refractivity contribution >= 4 is 5.78 Å². The van der Waals surface area contributed by atoms with E-state index in [-0.39, 0.29) is 5.78 Å². The minimum atomic E-state index is 0.0999. The average Bonchev–Trinajstić information content (AvgIpc) is 2.78. The summed E-state index contributed by atoms with van der Waals surface area (Å²) in [4.78, 5) is 14.1. The van der Waals surface area contributed by atoms with Crippen molar-refractivity contribution in [2.75, 3.05) is 26.2 Å². The van der Waals surface area contributed by atoms with Crippen LogP contribution in [-0.4, -0.2) is 36.9 Å². The largest absolute Gasteiger partial charge is 0.494 e. The summed E-state index contributed by atoms with van der Waals surface area (Å²) >= 11 is 0. The zero-order valence-electron chi connectivity index (χ0n) is 18.7. The SMILES string of the molecule is CCCCCCN1CCC(CCOc2ccc(-c3ccc(C(C)=O)cc3)cc2)CC1. The Labute approximate surface area is 182 Å². The van der Waals surface area contributed by atoms with Crippen LogP contribution in [0.25, 0.3) is 11.1 Å². The molecule has 0 amide bonds. The molecular weight excluding hydrogens is 370 g/mol. The average molecular weight is 408 g/mol. The monoisotopic (exact) mass is 407 g/mol. The Hall–Kier alpha value is -2.13. The van der Waals surface area contributed by atoms with Gasteiger partial charge in [-0.05, 0) is 81.4 Å². The fourth-order valence-corrected chi connectivity index (χ4v) is 4.25. The van der Waals surface area contributed by atoms with Crippen molar-refractivity contribution in [2.45, 2.75) is 58.8 Å². The smallest absolute Gasteiger partial charge is 0.159 e. The van der Waals surface area contributed by atoms with Gasteiger partial charge >= 0.3 is 0 Å². The Balaban J connectivity index is 1.36. The number of benzene rings is 2. The number of unbranched alkanes of at least 4 members (excludes halogenated alkanes) is 3. The molecule has 30 heavy (non-hydrogen) atoms. The molecule has 1 fully saturated rings. The zero-order chi connectivity index (χ0) is 21.2. The van der Waals surface area contributed by atoms with Crippen LogP contribution in [-0.2, 0) is 0 Å². The van der Waals surface area contributed by atoms with Crippen molar-refractivity contribution in [2.24, 2.45) is 5.92 Å². The number of likely N-dealkylation sites (tertiary alicyclic amines) is 1. The van der Waals surface area contributed by atoms with Crippen LogP contribution in [0.5, 0.6) is 5.75 Å². The van der Waals surface area contributed by atoms with E-state index in [0.29, 0.717) is 0 Å². The van der Waals surface area contributed by atoms with Crippen molar-refractivity contribution in [3.8, 4) is 16.9 Å². The van der Waals surface area contributed by atoms with Crippen molar-refractivity contribution in [3.05, 3.63) is 54.1 Å². The van der Waals surface area contributed by atoms with E-state index in [1.165, 1.54) is 58.2 Å². The molecule has 0 bridgehead atoms. The van der Waals surface area contributed by atoms with Crippen LogP contribution in [0.15, 0.2) is 48.5 Å². The first-order valence-electron chi connectivity index (χ1n) is 11.7. The van der Waals surface area contributed by atoms with Gasteiger partial charge in [-0.3, -0.25) is 4.79 Å². The summed E-state index contributed by atoms with van der Waals surface area (Å²) in [5, 5.41) is 0. The van der Waals surface area contributed by atoms with Gasteiger partial charge in [-0.15, -0.1) is 0 Å². The van der Waals surface area contributed by atoms with E-state index in [1.807, 2.05) is 36.4 Å². The molecule has 1 aliphatic heterocycles. The van der Waals surface area contributed by atoms with Crippen molar-refractivity contribution in [1.82, 2.24) is 4.90 Å². The van der Waals surface area contributed by atoms with E-state index < -0.39 is 0 Å². The van der Waals surface area contributed by atoms with E-state index in [4.69, 9.17) is 4.74 Å². The lowest BCUT2D eigenvalue weighted by atomic mass is 9.94. The molecule has 1 aliphatic rings. The zero-order valence-corrected chi connectivity index (χ0v) is 18.7. The summed E-state index contributed by atoms with van der Waals surface area (Å²) in [5.41, 5.74) is 3.01. The second-order valence-corrected chi connectivity index (χ2v) is 8.64. The molecule has 2 aromatic rings. The number of carbonyl (C=O) groups is 1. The molecule has 0 atom stereocenters. The maximum absolute atomic E-state index is 11.4. The number of nitrogens with zero attached hydrogens (tertiary/aromatic N) is 1. The van der Waals surface area contributed by atoms with Crippen molar-refractivity contribution in [1.29, 1.82) is 0 Å². The van der Waals surface area contributed by atoms with Gasteiger partial charge in [0, 0.05) is 5.56 Å². The molecule has 0 N–H and O–H groups in total. The molecule has 0 unspecified atom stereocenters. The first-order valence-corrected chi connectivity index (χ1v) is 11.7. The lowest BCUT2D eigenvalue weighted by molar-refractivity contribution is 0.101. The Morgan fingerprint density at radius 3 is 2.17 bits per heavy atom. The minimum absolute atomic E-state index is 0.0999. The number of ether oxygens (including phenoxy) is 1. The van der Waals surface area contributed by atoms with Gasteiger partial charge in [0.15, 0.2) is 5.78 Å². The van der Waals surface area contributed by atoms with E-state index in [0.717, 1.165) is 41.4 Å². The summed E-state index contributed by atoms with van der Waals surface area (Å²) in [6, 6.07) is 16.1. The van der Waals surface area contributed by atoms with Gasteiger partial charge in [0.05, 0.1) is 6.61 Å². The van der Waals surface area contributed by atoms with Crippen LogP contribution in [0, 0.1) is 5.92 Å². The highest BCUT2D eigenvalue weighted by atomic mass is 16.5. The highest BCUT2D eigenvalue weighted by Gasteiger charge is 2.18. The highest BCUT2D eigenvalue weighted by Crippen LogP contribution is 2.25. The summed E-state index contributed by atoms with van der Waals surface area (Å²) in [6.45, 7) is 8.47. The molecule has 3 heteroatoms. The van der Waals surface area contributed by atoms with E-state index in [9.17, 15) is 4.79 Å². The van der Waals surface area contributed by atoms with Gasteiger partial charge in [-0.25, -0.2) is 0 Å². The predicted molar refractivity (Wildman–Crippen MR) is 125 cm³/mol. The summed E-state index contributed by atoms with van der Waals surface area (Å²) in [6.07, 6.45) is 9.21. The highest BCUT2D eigenvalue weighted by molar-refractivity contribution is 5.94. The molecule has 0 aromatic heterocycles. The Morgan fingerprint density at radius 2 is 1.57 bits per heavy atom. The number of hydrogen-bond donors (Lipinski definition) is 0. The lowest BCUT2D eigenvalue weighted by Gasteiger charge is -2.31. The van der Waals surface area contributed by atoms with Gasteiger partial charge in [0.1, 0.15) is 5.75 Å². The standard InChI is InChI=1S/C27H37NO2/c1-3-4-5-6-18-28-19-15-23(16-20-28)17-21-30-27-13-11-26(12-14-27)25-9-7-24(8-10-25)22(2)29/h7-14,23H,3-6,15-21H2,1-2H3. The third-order valence-electron chi connectivity index (χ3n) is 6.31. The van der Waals surface area contributed by atoms with Gasteiger partial charge in [0.2, 0.25) is 0 Å². The molecule has 1 saturated heterocycles. The normalized spacial score (nSPS) is 15.3. The van der Waals surface area contributed by atoms with Gasteiger partial charge < -0.3 is 9.64 Å². The number of ketones is 1. The Bertz CT molecular complexity index is 758. The Morgan fingerprint density at radius 1 is 0.933 bits per heavy atom. The second kappa shape index (κ2) is 11.9. The second-order valence-electron chi connectivity index (χ2n) is 8.64. The fraction of sp³-hybridized carbons (Fsp3) is 0.519. The van der Waals surface area contributed by atoms with Crippen LogP contribution in [0.2, 0.25) is 0 Å². The lowest BCUT2D eigenvalue weighted by Crippen LogP contribution is -2.34. The molecule has 0 saturated carbocycles. The summed E-state index contributed by atoms with van der Waals surface area (Å²) < 4.78 is 6.01. The molecule has 0 aliphatic carbocycles. The van der Waals surface area contributed by atoms with E-state index >= 15 is 0 Å². The maximum Gasteiger partial charge on any atom is 0.159 e. The fourth-order valence-electron chi connectivity index (χ4n) is 4.25. The summed E-state index contributed by atoms with van der Waals surface area (Å²) in [5.74, 6) is 1.84. The number of piperidine rings is 1. The number of hydrogen-bond acceptors (Lipinski definition) is 3. The van der Waals surface area contributed by atoms with Gasteiger partial charge in [0.25, 0.3) is 0 Å². The number of rotatable bonds is 11. The van der Waals surface area contributed by atoms with Crippen LogP contribution in [0.1, 0.15) is 69.2 Å². The third-order valence-corrected chi connectivity index (χ3v) is 6.31. The molecule has 162 valence electrons. The molecule has 0 radical (unpaired) electrons. The van der Waals surface area contributed by atoms with Gasteiger partial charge in [-0.1, -0.05) is 62.6 Å². The van der Waals surface area contributed by atoms with Crippen LogP contribution in [0.3, 0.4) is 0 Å². The molecule has 1 heterocycles. The molecule has 0 spiro atoms. The predicted octanol–water partition coefficient (Wildman–Crippen LogP) is 6.62. The maximum atomic E-state index is 11.4. The number of carbonyl (C=O) groups excluding carboxylic acids is 1. The van der Waals surface area contributed by atoms with E-state index in [1.54, 1.807) is 6.92 Å².